The number of unbranched alkanes of at least 4 members (excludes halogenated alkanes) is 2. The molecule has 2 N–H and O–H groups in total. The number of para-hydroxylation sites is 1. The summed E-state index contributed by atoms with van der Waals surface area (Å²) in [6.07, 6.45) is 4.64. The Balaban J connectivity index is 1.99. The zero-order valence-corrected chi connectivity index (χ0v) is 15.7. The predicted octanol–water partition coefficient (Wildman–Crippen LogP) is 5.05. The maximum Gasteiger partial charge on any atom is 0.249 e. The Hall–Kier alpha value is -2.69. The van der Waals surface area contributed by atoms with Gasteiger partial charge in [-0.1, -0.05) is 51.3 Å². The molecular formula is C21H26N4O. The van der Waals surface area contributed by atoms with E-state index >= 15 is 0 Å². The molecule has 0 aliphatic heterocycles. The van der Waals surface area contributed by atoms with Gasteiger partial charge in [0, 0.05) is 17.1 Å². The molecule has 1 aromatic carbocycles. The predicted molar refractivity (Wildman–Crippen MR) is 107 cm³/mol. The number of aromatic amines is 1. The van der Waals surface area contributed by atoms with Gasteiger partial charge in [-0.3, -0.25) is 4.79 Å². The van der Waals surface area contributed by atoms with Crippen LogP contribution in [-0.2, 0) is 0 Å². The average Bonchev–Trinajstić information content (AvgIpc) is 2.61. The third-order valence-electron chi connectivity index (χ3n) is 4.71. The Morgan fingerprint density at radius 2 is 1.92 bits per heavy atom. The third-order valence-corrected chi connectivity index (χ3v) is 4.71. The molecule has 1 atom stereocenters. The normalized spacial score (nSPS) is 12.3. The second-order valence-electron chi connectivity index (χ2n) is 6.83. The molecular weight excluding hydrogens is 324 g/mol. The molecule has 0 saturated heterocycles. The highest BCUT2D eigenvalue weighted by Gasteiger charge is 2.15. The molecule has 0 aliphatic rings. The lowest BCUT2D eigenvalue weighted by atomic mass is 9.92. The van der Waals surface area contributed by atoms with Crippen molar-refractivity contribution in [2.45, 2.75) is 52.4 Å². The molecule has 2 heterocycles. The SMILES string of the molecule is CCCCCC(C)c1cc(=O)[nH]c2nc(Nc3ccccc3)nc(C)c12. The van der Waals surface area contributed by atoms with Crippen molar-refractivity contribution in [1.82, 2.24) is 15.0 Å². The number of hydrogen-bond donors (Lipinski definition) is 2. The van der Waals surface area contributed by atoms with Crippen LogP contribution in [0.3, 0.4) is 0 Å². The van der Waals surface area contributed by atoms with Gasteiger partial charge < -0.3 is 10.3 Å². The molecule has 0 amide bonds. The summed E-state index contributed by atoms with van der Waals surface area (Å²) in [5.41, 5.74) is 3.32. The highest BCUT2D eigenvalue weighted by molar-refractivity contribution is 5.82. The first kappa shape index (κ1) is 18.1. The van der Waals surface area contributed by atoms with Crippen molar-refractivity contribution in [1.29, 1.82) is 0 Å². The van der Waals surface area contributed by atoms with Crippen LogP contribution >= 0.6 is 0 Å². The molecule has 0 radical (unpaired) electrons. The van der Waals surface area contributed by atoms with Crippen LogP contribution in [0.2, 0.25) is 0 Å². The number of H-pyrrole nitrogens is 1. The van der Waals surface area contributed by atoms with Crippen molar-refractivity contribution in [2.24, 2.45) is 0 Å². The van der Waals surface area contributed by atoms with Gasteiger partial charge in [-0.05, 0) is 37.0 Å². The van der Waals surface area contributed by atoms with Gasteiger partial charge in [0.15, 0.2) is 0 Å². The lowest BCUT2D eigenvalue weighted by Crippen LogP contribution is -2.12. The minimum atomic E-state index is -0.112. The summed E-state index contributed by atoms with van der Waals surface area (Å²) in [7, 11) is 0. The molecule has 0 spiro atoms. The summed E-state index contributed by atoms with van der Waals surface area (Å²) < 4.78 is 0. The Labute approximate surface area is 153 Å². The van der Waals surface area contributed by atoms with E-state index in [1.165, 1.54) is 19.3 Å². The minimum absolute atomic E-state index is 0.112. The minimum Gasteiger partial charge on any atom is -0.324 e. The molecule has 2 aromatic heterocycles. The fourth-order valence-corrected chi connectivity index (χ4v) is 3.33. The molecule has 5 heteroatoms. The van der Waals surface area contributed by atoms with Gasteiger partial charge in [0.1, 0.15) is 5.65 Å². The Morgan fingerprint density at radius 1 is 1.15 bits per heavy atom. The van der Waals surface area contributed by atoms with Gasteiger partial charge in [-0.2, -0.15) is 4.98 Å². The van der Waals surface area contributed by atoms with E-state index in [-0.39, 0.29) is 5.56 Å². The Kier molecular flexibility index (Phi) is 5.66. The highest BCUT2D eigenvalue weighted by atomic mass is 16.1. The van der Waals surface area contributed by atoms with Crippen molar-refractivity contribution >= 4 is 22.7 Å². The van der Waals surface area contributed by atoms with Gasteiger partial charge in [0.2, 0.25) is 11.5 Å². The summed E-state index contributed by atoms with van der Waals surface area (Å²) in [6.45, 7) is 6.35. The third kappa shape index (κ3) is 4.10. The molecule has 3 aromatic rings. The van der Waals surface area contributed by atoms with Crippen molar-refractivity contribution in [3.05, 3.63) is 58.0 Å². The van der Waals surface area contributed by atoms with E-state index in [4.69, 9.17) is 0 Å². The first-order valence-corrected chi connectivity index (χ1v) is 9.32. The fourth-order valence-electron chi connectivity index (χ4n) is 3.33. The molecule has 0 bridgehead atoms. The first-order chi connectivity index (χ1) is 12.6. The van der Waals surface area contributed by atoms with Crippen LogP contribution < -0.4 is 10.9 Å². The second-order valence-corrected chi connectivity index (χ2v) is 6.83. The number of aromatic nitrogens is 3. The van der Waals surface area contributed by atoms with E-state index in [2.05, 4.69) is 34.1 Å². The molecule has 136 valence electrons. The topological polar surface area (TPSA) is 70.7 Å². The Morgan fingerprint density at radius 3 is 2.65 bits per heavy atom. The van der Waals surface area contributed by atoms with Gasteiger partial charge in [0.05, 0.1) is 5.69 Å². The van der Waals surface area contributed by atoms with Gasteiger partial charge in [-0.25, -0.2) is 4.98 Å². The first-order valence-electron chi connectivity index (χ1n) is 9.32. The number of hydrogen-bond acceptors (Lipinski definition) is 4. The van der Waals surface area contributed by atoms with E-state index in [0.29, 0.717) is 17.5 Å². The number of pyridine rings is 1. The monoisotopic (exact) mass is 350 g/mol. The maximum absolute atomic E-state index is 12.2. The zero-order valence-electron chi connectivity index (χ0n) is 15.7. The fraction of sp³-hybridized carbons (Fsp3) is 0.381. The number of aryl methyl sites for hydroxylation is 1. The summed E-state index contributed by atoms with van der Waals surface area (Å²) in [5.74, 6) is 0.800. The average molecular weight is 350 g/mol. The molecule has 5 nitrogen and oxygen atoms in total. The largest absolute Gasteiger partial charge is 0.324 e. The van der Waals surface area contributed by atoms with Crippen LogP contribution in [0.25, 0.3) is 11.0 Å². The van der Waals surface area contributed by atoms with E-state index in [0.717, 1.165) is 28.8 Å². The molecule has 0 fully saturated rings. The number of nitrogens with one attached hydrogen (secondary N) is 2. The lowest BCUT2D eigenvalue weighted by Gasteiger charge is -2.16. The highest BCUT2D eigenvalue weighted by Crippen LogP contribution is 2.29. The molecule has 0 aliphatic carbocycles. The van der Waals surface area contributed by atoms with Crippen LogP contribution in [-0.4, -0.2) is 15.0 Å². The van der Waals surface area contributed by atoms with E-state index < -0.39 is 0 Å². The summed E-state index contributed by atoms with van der Waals surface area (Å²) in [6, 6.07) is 11.5. The standard InChI is InChI=1S/C21H26N4O/c1-4-5-7-10-14(2)17-13-18(26)24-20-19(17)15(3)22-21(25-20)23-16-11-8-6-9-12-16/h6,8-9,11-14H,4-5,7,10H2,1-3H3,(H2,22,23,24,25,26). The number of rotatable bonds is 7. The van der Waals surface area contributed by atoms with Crippen molar-refractivity contribution in [3.63, 3.8) is 0 Å². The summed E-state index contributed by atoms with van der Waals surface area (Å²) in [4.78, 5) is 24.2. The molecule has 0 saturated carbocycles. The number of fused-ring (bicyclic) bond motifs is 1. The van der Waals surface area contributed by atoms with Gasteiger partial charge in [0.25, 0.3) is 0 Å². The zero-order chi connectivity index (χ0) is 18.5. The van der Waals surface area contributed by atoms with Crippen LogP contribution in [0, 0.1) is 6.92 Å². The van der Waals surface area contributed by atoms with E-state index in [1.54, 1.807) is 6.07 Å². The number of anilines is 2. The van der Waals surface area contributed by atoms with Gasteiger partial charge >= 0.3 is 0 Å². The van der Waals surface area contributed by atoms with Crippen molar-refractivity contribution in [3.8, 4) is 0 Å². The molecule has 3 rings (SSSR count). The van der Waals surface area contributed by atoms with E-state index in [9.17, 15) is 4.79 Å². The van der Waals surface area contributed by atoms with Crippen molar-refractivity contribution < 1.29 is 0 Å². The molecule has 1 unspecified atom stereocenters. The maximum atomic E-state index is 12.2. The van der Waals surface area contributed by atoms with Gasteiger partial charge in [-0.15, -0.1) is 0 Å². The summed E-state index contributed by atoms with van der Waals surface area (Å²) in [5, 5.41) is 4.17. The van der Waals surface area contributed by atoms with Crippen LogP contribution in [0.15, 0.2) is 41.2 Å². The van der Waals surface area contributed by atoms with E-state index in [1.807, 2.05) is 37.3 Å². The van der Waals surface area contributed by atoms with Crippen molar-refractivity contribution in [2.75, 3.05) is 5.32 Å². The lowest BCUT2D eigenvalue weighted by molar-refractivity contribution is 0.599. The van der Waals surface area contributed by atoms with Crippen LogP contribution in [0.1, 0.15) is 56.7 Å². The summed E-state index contributed by atoms with van der Waals surface area (Å²) >= 11 is 0. The quantitative estimate of drug-likeness (QED) is 0.585. The number of nitrogens with zero attached hydrogens (tertiary/aromatic N) is 2. The smallest absolute Gasteiger partial charge is 0.249 e. The Bertz CT molecular complexity index is 934. The van der Waals surface area contributed by atoms with Crippen LogP contribution in [0.5, 0.6) is 0 Å². The number of benzene rings is 1. The second kappa shape index (κ2) is 8.13. The van der Waals surface area contributed by atoms with Crippen LogP contribution in [0.4, 0.5) is 11.6 Å². The molecule has 26 heavy (non-hydrogen) atoms.